The lowest BCUT2D eigenvalue weighted by molar-refractivity contribution is 0.120. The molecule has 0 bridgehead atoms. The number of aromatic hydroxyl groups is 1. The zero-order valence-electron chi connectivity index (χ0n) is 9.79. The third-order valence-electron chi connectivity index (χ3n) is 2.43. The normalized spacial score (nSPS) is 9.83. The van der Waals surface area contributed by atoms with E-state index in [9.17, 15) is 9.90 Å². The highest BCUT2D eigenvalue weighted by Gasteiger charge is 2.14. The minimum Gasteiger partial charge on any atom is -0.504 e. The van der Waals surface area contributed by atoms with Crippen LogP contribution in [0.15, 0.2) is 48.5 Å². The van der Waals surface area contributed by atoms with Crippen LogP contribution in [0.1, 0.15) is 0 Å². The molecule has 0 saturated carbocycles. The Morgan fingerprint density at radius 3 is 2.44 bits per heavy atom. The second-order valence-corrected chi connectivity index (χ2v) is 3.58. The Morgan fingerprint density at radius 2 is 1.78 bits per heavy atom. The van der Waals surface area contributed by atoms with Gasteiger partial charge < -0.3 is 14.6 Å². The summed E-state index contributed by atoms with van der Waals surface area (Å²) >= 11 is 0. The van der Waals surface area contributed by atoms with Gasteiger partial charge in [0, 0.05) is 5.56 Å². The predicted octanol–water partition coefficient (Wildman–Crippen LogP) is 3.20. The summed E-state index contributed by atoms with van der Waals surface area (Å²) in [5, 5.41) is 9.76. The van der Waals surface area contributed by atoms with E-state index in [1.807, 2.05) is 30.3 Å². The molecule has 0 spiro atoms. The van der Waals surface area contributed by atoms with Gasteiger partial charge in [-0.3, -0.25) is 0 Å². The van der Waals surface area contributed by atoms with E-state index in [1.54, 1.807) is 12.1 Å². The molecule has 0 aliphatic heterocycles. The van der Waals surface area contributed by atoms with E-state index in [-0.39, 0.29) is 11.5 Å². The zero-order chi connectivity index (χ0) is 13.0. The van der Waals surface area contributed by atoms with Crippen LogP contribution >= 0.6 is 0 Å². The molecular weight excluding hydrogens is 232 g/mol. The SMILES string of the molecule is COC(=O)Oc1c(O)cccc1-c1ccccc1. The van der Waals surface area contributed by atoms with Crippen LogP contribution in [0.2, 0.25) is 0 Å². The van der Waals surface area contributed by atoms with Crippen molar-refractivity contribution >= 4 is 6.16 Å². The van der Waals surface area contributed by atoms with Crippen molar-refractivity contribution in [1.82, 2.24) is 0 Å². The smallest absolute Gasteiger partial charge is 0.504 e. The standard InChI is InChI=1S/C14H12O4/c1-17-14(16)18-13-11(8-5-9-12(13)15)10-6-3-2-4-7-10/h2-9,15H,1H3. The summed E-state index contributed by atoms with van der Waals surface area (Å²) < 4.78 is 9.40. The van der Waals surface area contributed by atoms with Gasteiger partial charge in [0.1, 0.15) is 0 Å². The first-order valence-electron chi connectivity index (χ1n) is 5.35. The maximum absolute atomic E-state index is 11.2. The minimum atomic E-state index is -0.867. The highest BCUT2D eigenvalue weighted by atomic mass is 16.7. The lowest BCUT2D eigenvalue weighted by atomic mass is 10.0. The van der Waals surface area contributed by atoms with Gasteiger partial charge in [0.25, 0.3) is 0 Å². The number of rotatable bonds is 2. The molecule has 0 aliphatic carbocycles. The summed E-state index contributed by atoms with van der Waals surface area (Å²) in [4.78, 5) is 11.2. The number of methoxy groups -OCH3 is 1. The summed E-state index contributed by atoms with van der Waals surface area (Å²) in [5.74, 6) is -0.0164. The number of benzene rings is 2. The molecule has 92 valence electrons. The van der Waals surface area contributed by atoms with Crippen LogP contribution in [0, 0.1) is 0 Å². The van der Waals surface area contributed by atoms with Crippen molar-refractivity contribution in [3.63, 3.8) is 0 Å². The molecule has 0 saturated heterocycles. The van der Waals surface area contributed by atoms with E-state index < -0.39 is 6.16 Å². The third-order valence-corrected chi connectivity index (χ3v) is 2.43. The number of carbonyl (C=O) groups excluding carboxylic acids is 1. The van der Waals surface area contributed by atoms with E-state index in [0.29, 0.717) is 5.56 Å². The van der Waals surface area contributed by atoms with Crippen molar-refractivity contribution < 1.29 is 19.4 Å². The highest BCUT2D eigenvalue weighted by Crippen LogP contribution is 2.37. The van der Waals surface area contributed by atoms with Gasteiger partial charge in [0.2, 0.25) is 0 Å². The lowest BCUT2D eigenvalue weighted by Gasteiger charge is -2.10. The summed E-state index contributed by atoms with van der Waals surface area (Å²) in [7, 11) is 1.21. The molecule has 0 aromatic heterocycles. The van der Waals surface area contributed by atoms with Crippen LogP contribution in [-0.4, -0.2) is 18.4 Å². The second kappa shape index (κ2) is 5.23. The van der Waals surface area contributed by atoms with Gasteiger partial charge in [-0.25, -0.2) is 4.79 Å². The fraction of sp³-hybridized carbons (Fsp3) is 0.0714. The number of phenolic OH excluding ortho intramolecular Hbond substituents is 1. The monoisotopic (exact) mass is 244 g/mol. The number of hydrogen-bond acceptors (Lipinski definition) is 4. The molecule has 0 aliphatic rings. The van der Waals surface area contributed by atoms with Crippen molar-refractivity contribution in [3.8, 4) is 22.6 Å². The van der Waals surface area contributed by atoms with Crippen molar-refractivity contribution in [2.45, 2.75) is 0 Å². The molecule has 2 aromatic carbocycles. The van der Waals surface area contributed by atoms with Crippen LogP contribution in [0.4, 0.5) is 4.79 Å². The molecule has 18 heavy (non-hydrogen) atoms. The number of hydrogen-bond donors (Lipinski definition) is 1. The third kappa shape index (κ3) is 2.43. The van der Waals surface area contributed by atoms with Crippen LogP contribution in [0.3, 0.4) is 0 Å². The van der Waals surface area contributed by atoms with Crippen LogP contribution in [0.5, 0.6) is 11.5 Å². The number of ether oxygens (including phenoxy) is 2. The van der Waals surface area contributed by atoms with Gasteiger partial charge in [0.15, 0.2) is 11.5 Å². The van der Waals surface area contributed by atoms with Crippen molar-refractivity contribution in [3.05, 3.63) is 48.5 Å². The number of phenols is 1. The highest BCUT2D eigenvalue weighted by molar-refractivity contribution is 5.77. The maximum Gasteiger partial charge on any atom is 0.513 e. The van der Waals surface area contributed by atoms with Gasteiger partial charge in [0.05, 0.1) is 7.11 Å². The van der Waals surface area contributed by atoms with Crippen LogP contribution < -0.4 is 4.74 Å². The average Bonchev–Trinajstić information content (AvgIpc) is 2.42. The fourth-order valence-corrected chi connectivity index (χ4v) is 1.60. The molecule has 1 N–H and O–H groups in total. The van der Waals surface area contributed by atoms with Crippen molar-refractivity contribution in [2.75, 3.05) is 7.11 Å². The molecular formula is C14H12O4. The molecule has 4 heteroatoms. The predicted molar refractivity (Wildman–Crippen MR) is 66.6 cm³/mol. The largest absolute Gasteiger partial charge is 0.513 e. The van der Waals surface area contributed by atoms with E-state index in [2.05, 4.69) is 4.74 Å². The second-order valence-electron chi connectivity index (χ2n) is 3.58. The van der Waals surface area contributed by atoms with Gasteiger partial charge in [-0.05, 0) is 11.6 Å². The Kier molecular flexibility index (Phi) is 3.48. The molecule has 0 unspecified atom stereocenters. The van der Waals surface area contributed by atoms with Gasteiger partial charge >= 0.3 is 6.16 Å². The Morgan fingerprint density at radius 1 is 1.06 bits per heavy atom. The first kappa shape index (κ1) is 12.0. The minimum absolute atomic E-state index is 0.0931. The molecule has 0 atom stereocenters. The molecule has 2 rings (SSSR count). The zero-order valence-corrected chi connectivity index (χ0v) is 9.79. The van der Waals surface area contributed by atoms with E-state index in [1.165, 1.54) is 13.2 Å². The number of para-hydroxylation sites is 1. The van der Waals surface area contributed by atoms with Crippen LogP contribution in [-0.2, 0) is 4.74 Å². The number of carbonyl (C=O) groups is 1. The Balaban J connectivity index is 2.48. The molecule has 0 fully saturated rings. The quantitative estimate of drug-likeness (QED) is 0.651. The van der Waals surface area contributed by atoms with E-state index in [4.69, 9.17) is 4.74 Å². The molecule has 0 radical (unpaired) electrons. The summed E-state index contributed by atoms with van der Waals surface area (Å²) in [6, 6.07) is 14.2. The lowest BCUT2D eigenvalue weighted by Crippen LogP contribution is -2.08. The van der Waals surface area contributed by atoms with Crippen molar-refractivity contribution in [1.29, 1.82) is 0 Å². The van der Waals surface area contributed by atoms with Crippen LogP contribution in [0.25, 0.3) is 11.1 Å². The molecule has 2 aromatic rings. The van der Waals surface area contributed by atoms with E-state index >= 15 is 0 Å². The Bertz CT molecular complexity index is 549. The first-order chi connectivity index (χ1) is 8.72. The average molecular weight is 244 g/mol. The topological polar surface area (TPSA) is 55.8 Å². The summed E-state index contributed by atoms with van der Waals surface area (Å²) in [5.41, 5.74) is 1.47. The Hall–Kier alpha value is -2.49. The summed E-state index contributed by atoms with van der Waals surface area (Å²) in [6.07, 6.45) is -0.867. The fourth-order valence-electron chi connectivity index (χ4n) is 1.60. The Labute approximate surface area is 104 Å². The maximum atomic E-state index is 11.2. The van der Waals surface area contributed by atoms with Gasteiger partial charge in [-0.15, -0.1) is 0 Å². The van der Waals surface area contributed by atoms with Crippen molar-refractivity contribution in [2.24, 2.45) is 0 Å². The van der Waals surface area contributed by atoms with Gasteiger partial charge in [-0.2, -0.15) is 0 Å². The van der Waals surface area contributed by atoms with E-state index in [0.717, 1.165) is 5.56 Å². The van der Waals surface area contributed by atoms with Gasteiger partial charge in [-0.1, -0.05) is 42.5 Å². The summed E-state index contributed by atoms with van der Waals surface area (Å²) in [6.45, 7) is 0. The first-order valence-corrected chi connectivity index (χ1v) is 5.35. The molecule has 0 heterocycles. The molecule has 0 amide bonds. The molecule has 4 nitrogen and oxygen atoms in total.